The number of rotatable bonds is 4. The number of thiazole rings is 1. The average Bonchev–Trinajstić information content (AvgIpc) is 3.30. The maximum Gasteiger partial charge on any atom is 0.307 e. The Morgan fingerprint density at radius 1 is 1.12 bits per heavy atom. The van der Waals surface area contributed by atoms with Gasteiger partial charge in [0.2, 0.25) is 5.91 Å². The molecule has 122 valence electrons. The summed E-state index contributed by atoms with van der Waals surface area (Å²) < 4.78 is 0. The fraction of sp³-hybridized carbons (Fsp3) is 0.278. The standard InChI is InChI=1S/C18H16N2O3S/c21-16(14-11-6-7-12(8-11)15(14)17(22)23)20-18-19-13(9-24-18)10-4-2-1-3-5-10/h1-7,9,11-12,14-15H,8H2,(H,22,23)(H,19,20,21)/t11-,12-,14-,15+/m0/s1. The quantitative estimate of drug-likeness (QED) is 0.837. The summed E-state index contributed by atoms with van der Waals surface area (Å²) in [5, 5.41) is 14.7. The van der Waals surface area contributed by atoms with E-state index in [0.29, 0.717) is 5.13 Å². The van der Waals surface area contributed by atoms with Crippen LogP contribution < -0.4 is 5.32 Å². The number of aliphatic carboxylic acids is 1. The van der Waals surface area contributed by atoms with Crippen LogP contribution in [0.3, 0.4) is 0 Å². The highest BCUT2D eigenvalue weighted by molar-refractivity contribution is 7.14. The molecule has 1 amide bonds. The molecule has 2 N–H and O–H groups in total. The molecular formula is C18H16N2O3S. The summed E-state index contributed by atoms with van der Waals surface area (Å²) in [5.74, 6) is -2.29. The van der Waals surface area contributed by atoms with E-state index in [4.69, 9.17) is 0 Å². The van der Waals surface area contributed by atoms with E-state index in [2.05, 4.69) is 10.3 Å². The molecule has 2 aliphatic rings. The van der Waals surface area contributed by atoms with Gasteiger partial charge in [0.05, 0.1) is 17.5 Å². The van der Waals surface area contributed by atoms with Gasteiger partial charge in [-0.2, -0.15) is 0 Å². The maximum absolute atomic E-state index is 12.6. The van der Waals surface area contributed by atoms with Crippen molar-refractivity contribution in [1.82, 2.24) is 4.98 Å². The SMILES string of the molecule is O=C(Nc1nc(-c2ccccc2)cs1)[C@@H]1[C@H](C(=O)O)[C@H]2C=C[C@H]1C2. The molecular weight excluding hydrogens is 324 g/mol. The summed E-state index contributed by atoms with van der Waals surface area (Å²) in [4.78, 5) is 28.6. The van der Waals surface area contributed by atoms with Crippen molar-refractivity contribution < 1.29 is 14.7 Å². The zero-order valence-corrected chi connectivity index (χ0v) is 13.6. The molecule has 0 aliphatic heterocycles. The van der Waals surface area contributed by atoms with E-state index in [-0.39, 0.29) is 17.7 Å². The highest BCUT2D eigenvalue weighted by Crippen LogP contribution is 2.48. The summed E-state index contributed by atoms with van der Waals surface area (Å²) in [6.07, 6.45) is 4.66. The van der Waals surface area contributed by atoms with Crippen LogP contribution in [0.1, 0.15) is 6.42 Å². The van der Waals surface area contributed by atoms with Crippen molar-refractivity contribution in [3.63, 3.8) is 0 Å². The minimum absolute atomic E-state index is 0.0182. The van der Waals surface area contributed by atoms with E-state index in [9.17, 15) is 14.7 Å². The van der Waals surface area contributed by atoms with Crippen molar-refractivity contribution in [3.8, 4) is 11.3 Å². The predicted octanol–water partition coefficient (Wildman–Crippen LogP) is 3.27. The monoisotopic (exact) mass is 340 g/mol. The second kappa shape index (κ2) is 5.87. The molecule has 1 saturated carbocycles. The lowest BCUT2D eigenvalue weighted by molar-refractivity contribution is -0.146. The summed E-state index contributed by atoms with van der Waals surface area (Å²) >= 11 is 1.35. The molecule has 4 rings (SSSR count). The number of carbonyl (C=O) groups excluding carboxylic acids is 1. The van der Waals surface area contributed by atoms with Gasteiger partial charge in [-0.05, 0) is 18.3 Å². The molecule has 2 bridgehead atoms. The fourth-order valence-corrected chi connectivity index (χ4v) is 4.50. The van der Waals surface area contributed by atoms with Gasteiger partial charge in [0.1, 0.15) is 0 Å². The third-order valence-corrected chi connectivity index (χ3v) is 5.61. The topological polar surface area (TPSA) is 79.3 Å². The van der Waals surface area contributed by atoms with Gasteiger partial charge in [0.15, 0.2) is 5.13 Å². The van der Waals surface area contributed by atoms with Crippen LogP contribution in [0.15, 0.2) is 47.9 Å². The number of carbonyl (C=O) groups is 2. The van der Waals surface area contributed by atoms with E-state index < -0.39 is 17.8 Å². The molecule has 0 spiro atoms. The number of carboxylic acid groups (broad SMARTS) is 1. The number of aromatic nitrogens is 1. The predicted molar refractivity (Wildman–Crippen MR) is 91.5 cm³/mol. The lowest BCUT2D eigenvalue weighted by Gasteiger charge is -2.23. The Hall–Kier alpha value is -2.47. The van der Waals surface area contributed by atoms with Crippen LogP contribution in [0, 0.1) is 23.7 Å². The maximum atomic E-state index is 12.6. The van der Waals surface area contributed by atoms with E-state index in [0.717, 1.165) is 17.7 Å². The van der Waals surface area contributed by atoms with Gasteiger partial charge >= 0.3 is 5.97 Å². The van der Waals surface area contributed by atoms with Crippen LogP contribution in [0.25, 0.3) is 11.3 Å². The number of benzene rings is 1. The first-order chi connectivity index (χ1) is 11.6. The number of hydrogen-bond acceptors (Lipinski definition) is 4. The van der Waals surface area contributed by atoms with Gasteiger partial charge in [0, 0.05) is 10.9 Å². The molecule has 0 saturated heterocycles. The highest BCUT2D eigenvalue weighted by atomic mass is 32.1. The van der Waals surface area contributed by atoms with Gasteiger partial charge in [-0.1, -0.05) is 42.5 Å². The lowest BCUT2D eigenvalue weighted by Crippen LogP contribution is -2.36. The molecule has 4 atom stereocenters. The molecule has 0 unspecified atom stereocenters. The first kappa shape index (κ1) is 15.1. The van der Waals surface area contributed by atoms with Crippen molar-refractivity contribution in [2.75, 3.05) is 5.32 Å². The molecule has 6 heteroatoms. The van der Waals surface area contributed by atoms with Crippen molar-refractivity contribution in [3.05, 3.63) is 47.9 Å². The Morgan fingerprint density at radius 3 is 2.54 bits per heavy atom. The zero-order chi connectivity index (χ0) is 16.7. The Bertz CT molecular complexity index is 815. The first-order valence-electron chi connectivity index (χ1n) is 7.86. The molecule has 1 aromatic carbocycles. The number of carboxylic acids is 1. The Morgan fingerprint density at radius 2 is 1.83 bits per heavy atom. The fourth-order valence-electron chi connectivity index (χ4n) is 3.78. The highest BCUT2D eigenvalue weighted by Gasteiger charge is 2.51. The third kappa shape index (κ3) is 2.53. The number of hydrogen-bond donors (Lipinski definition) is 2. The smallest absolute Gasteiger partial charge is 0.307 e. The van der Waals surface area contributed by atoms with E-state index in [1.54, 1.807) is 0 Å². The van der Waals surface area contributed by atoms with Gasteiger partial charge < -0.3 is 10.4 Å². The summed E-state index contributed by atoms with van der Waals surface area (Å²) in [7, 11) is 0. The van der Waals surface area contributed by atoms with Crippen LogP contribution in [0.2, 0.25) is 0 Å². The molecule has 1 aromatic heterocycles. The van der Waals surface area contributed by atoms with E-state index >= 15 is 0 Å². The van der Waals surface area contributed by atoms with Gasteiger partial charge in [-0.15, -0.1) is 11.3 Å². The van der Waals surface area contributed by atoms with Gasteiger partial charge in [-0.3, -0.25) is 9.59 Å². The van der Waals surface area contributed by atoms with Crippen LogP contribution in [-0.4, -0.2) is 22.0 Å². The zero-order valence-electron chi connectivity index (χ0n) is 12.8. The number of fused-ring (bicyclic) bond motifs is 2. The minimum Gasteiger partial charge on any atom is -0.481 e. The van der Waals surface area contributed by atoms with Gasteiger partial charge in [-0.25, -0.2) is 4.98 Å². The Balaban J connectivity index is 1.52. The second-order valence-electron chi connectivity index (χ2n) is 6.23. The Labute approximate surface area is 143 Å². The number of nitrogens with zero attached hydrogens (tertiary/aromatic N) is 1. The number of amides is 1. The number of allylic oxidation sites excluding steroid dienone is 2. The van der Waals surface area contributed by atoms with E-state index in [1.165, 1.54) is 11.3 Å². The second-order valence-corrected chi connectivity index (χ2v) is 7.09. The first-order valence-corrected chi connectivity index (χ1v) is 8.74. The number of nitrogens with one attached hydrogen (secondary N) is 1. The van der Waals surface area contributed by atoms with Crippen molar-refractivity contribution in [2.45, 2.75) is 6.42 Å². The average molecular weight is 340 g/mol. The molecule has 0 radical (unpaired) electrons. The Kier molecular flexibility index (Phi) is 3.69. The minimum atomic E-state index is -0.892. The van der Waals surface area contributed by atoms with Crippen LogP contribution >= 0.6 is 11.3 Å². The molecule has 2 aliphatic carbocycles. The lowest BCUT2D eigenvalue weighted by atomic mass is 9.82. The van der Waals surface area contributed by atoms with Crippen LogP contribution in [0.4, 0.5) is 5.13 Å². The summed E-state index contributed by atoms with van der Waals surface area (Å²) in [5.41, 5.74) is 1.79. The number of anilines is 1. The van der Waals surface area contributed by atoms with Crippen LogP contribution in [-0.2, 0) is 9.59 Å². The van der Waals surface area contributed by atoms with Crippen LogP contribution in [0.5, 0.6) is 0 Å². The molecule has 5 nitrogen and oxygen atoms in total. The molecule has 1 fully saturated rings. The largest absolute Gasteiger partial charge is 0.481 e. The normalized spacial score (nSPS) is 27.3. The third-order valence-electron chi connectivity index (χ3n) is 4.85. The summed E-state index contributed by atoms with van der Waals surface area (Å²) in [6.45, 7) is 0. The van der Waals surface area contributed by atoms with Crippen molar-refractivity contribution in [2.24, 2.45) is 23.7 Å². The van der Waals surface area contributed by atoms with Crippen molar-refractivity contribution in [1.29, 1.82) is 0 Å². The van der Waals surface area contributed by atoms with E-state index in [1.807, 2.05) is 47.9 Å². The molecule has 1 heterocycles. The van der Waals surface area contributed by atoms with Gasteiger partial charge in [0.25, 0.3) is 0 Å². The van der Waals surface area contributed by atoms with Crippen molar-refractivity contribution >= 4 is 28.3 Å². The molecule has 24 heavy (non-hydrogen) atoms. The summed E-state index contributed by atoms with van der Waals surface area (Å²) in [6, 6.07) is 9.73. The molecule has 2 aromatic rings.